The van der Waals surface area contributed by atoms with E-state index in [0.717, 1.165) is 22.4 Å². The van der Waals surface area contributed by atoms with Gasteiger partial charge in [-0.15, -0.1) is 0 Å². The predicted octanol–water partition coefficient (Wildman–Crippen LogP) is 3.00. The van der Waals surface area contributed by atoms with E-state index in [1.165, 1.54) is 0 Å². The van der Waals surface area contributed by atoms with Gasteiger partial charge in [0.2, 0.25) is 5.91 Å². The predicted molar refractivity (Wildman–Crippen MR) is 107 cm³/mol. The summed E-state index contributed by atoms with van der Waals surface area (Å²) < 4.78 is 21.4. The summed E-state index contributed by atoms with van der Waals surface area (Å²) >= 11 is 0. The number of hydrogen-bond donors (Lipinski definition) is 0. The van der Waals surface area contributed by atoms with Gasteiger partial charge in [-0.2, -0.15) is 0 Å². The van der Waals surface area contributed by atoms with Gasteiger partial charge in [-0.3, -0.25) is 4.79 Å². The maximum Gasteiger partial charge on any atom is 0.247 e. The molecule has 148 valence electrons. The molecule has 0 atom stereocenters. The van der Waals surface area contributed by atoms with E-state index in [1.807, 2.05) is 42.5 Å². The summed E-state index contributed by atoms with van der Waals surface area (Å²) in [6, 6.07) is 13.3. The van der Waals surface area contributed by atoms with Crippen LogP contribution in [0.5, 0.6) is 17.2 Å². The van der Waals surface area contributed by atoms with Gasteiger partial charge in [-0.05, 0) is 41.0 Å². The number of methoxy groups -OCH3 is 3. The zero-order valence-electron chi connectivity index (χ0n) is 16.4. The van der Waals surface area contributed by atoms with Crippen molar-refractivity contribution in [2.45, 2.75) is 0 Å². The smallest absolute Gasteiger partial charge is 0.247 e. The lowest BCUT2D eigenvalue weighted by molar-refractivity contribution is -0.129. The minimum Gasteiger partial charge on any atom is -0.497 e. The average molecular weight is 383 g/mol. The number of rotatable bonds is 6. The number of hydrogen-bond acceptors (Lipinski definition) is 5. The molecule has 6 heteroatoms. The standard InChI is InChI=1S/C22H25NO5/c1-25-18-7-4-16(5-8-18)19(15-22(24)23-10-12-28-13-11-23)17-6-9-20(26-2)21(14-17)27-3/h4-9,14-15H,10-13H2,1-3H3/b19-15-. The molecule has 0 aromatic heterocycles. The van der Waals surface area contributed by atoms with Crippen LogP contribution in [0.4, 0.5) is 0 Å². The molecule has 3 rings (SSSR count). The van der Waals surface area contributed by atoms with E-state index in [0.29, 0.717) is 37.8 Å². The summed E-state index contributed by atoms with van der Waals surface area (Å²) in [6.07, 6.45) is 1.67. The van der Waals surface area contributed by atoms with Gasteiger partial charge in [0.25, 0.3) is 0 Å². The molecule has 1 aliphatic rings. The van der Waals surface area contributed by atoms with E-state index in [1.54, 1.807) is 32.3 Å². The van der Waals surface area contributed by atoms with Crippen LogP contribution in [0.15, 0.2) is 48.5 Å². The fourth-order valence-electron chi connectivity index (χ4n) is 3.11. The van der Waals surface area contributed by atoms with Crippen molar-refractivity contribution >= 4 is 11.5 Å². The molecular weight excluding hydrogens is 358 g/mol. The Morgan fingerprint density at radius 3 is 2.14 bits per heavy atom. The fourth-order valence-corrected chi connectivity index (χ4v) is 3.11. The van der Waals surface area contributed by atoms with Gasteiger partial charge in [-0.1, -0.05) is 18.2 Å². The summed E-state index contributed by atoms with van der Waals surface area (Å²) in [7, 11) is 4.82. The van der Waals surface area contributed by atoms with Crippen LogP contribution in [0.3, 0.4) is 0 Å². The molecule has 1 saturated heterocycles. The molecule has 2 aromatic carbocycles. The second-order valence-corrected chi connectivity index (χ2v) is 6.29. The van der Waals surface area contributed by atoms with Gasteiger partial charge < -0.3 is 23.8 Å². The molecule has 2 aromatic rings. The number of morpholine rings is 1. The third-order valence-corrected chi connectivity index (χ3v) is 4.69. The Labute approximate surface area is 165 Å². The summed E-state index contributed by atoms with van der Waals surface area (Å²) in [5.74, 6) is 1.97. The molecule has 28 heavy (non-hydrogen) atoms. The molecule has 0 saturated carbocycles. The number of benzene rings is 2. The van der Waals surface area contributed by atoms with E-state index >= 15 is 0 Å². The number of ether oxygens (including phenoxy) is 4. The van der Waals surface area contributed by atoms with E-state index in [9.17, 15) is 4.79 Å². The minimum absolute atomic E-state index is 0.0381. The fraction of sp³-hybridized carbons (Fsp3) is 0.318. The molecule has 0 unspecified atom stereocenters. The highest BCUT2D eigenvalue weighted by atomic mass is 16.5. The molecule has 1 fully saturated rings. The molecule has 0 aliphatic carbocycles. The number of amides is 1. The van der Waals surface area contributed by atoms with Gasteiger partial charge in [0.1, 0.15) is 5.75 Å². The molecule has 1 amide bonds. The highest BCUT2D eigenvalue weighted by molar-refractivity contribution is 5.99. The Balaban J connectivity index is 2.03. The summed E-state index contributed by atoms with van der Waals surface area (Å²) in [6.45, 7) is 2.32. The third kappa shape index (κ3) is 4.46. The lowest BCUT2D eigenvalue weighted by Gasteiger charge is -2.26. The quantitative estimate of drug-likeness (QED) is 0.718. The van der Waals surface area contributed by atoms with E-state index in [-0.39, 0.29) is 5.91 Å². The molecule has 1 heterocycles. The zero-order chi connectivity index (χ0) is 19.9. The Bertz CT molecular complexity index is 839. The van der Waals surface area contributed by atoms with Crippen molar-refractivity contribution in [2.24, 2.45) is 0 Å². The number of carbonyl (C=O) groups excluding carboxylic acids is 1. The Hall–Kier alpha value is -2.99. The van der Waals surface area contributed by atoms with E-state index < -0.39 is 0 Å². The first-order valence-corrected chi connectivity index (χ1v) is 9.11. The zero-order valence-corrected chi connectivity index (χ0v) is 16.4. The monoisotopic (exact) mass is 383 g/mol. The first-order valence-electron chi connectivity index (χ1n) is 9.11. The molecule has 6 nitrogen and oxygen atoms in total. The summed E-state index contributed by atoms with van der Waals surface area (Å²) in [5.41, 5.74) is 2.58. The van der Waals surface area contributed by atoms with Crippen LogP contribution in [0.2, 0.25) is 0 Å². The van der Waals surface area contributed by atoms with Gasteiger partial charge in [0.05, 0.1) is 34.5 Å². The van der Waals surface area contributed by atoms with Crippen molar-refractivity contribution in [3.05, 3.63) is 59.7 Å². The Morgan fingerprint density at radius 1 is 0.893 bits per heavy atom. The third-order valence-electron chi connectivity index (χ3n) is 4.69. The van der Waals surface area contributed by atoms with Crippen LogP contribution in [0, 0.1) is 0 Å². The topological polar surface area (TPSA) is 57.2 Å². The minimum atomic E-state index is -0.0381. The Kier molecular flexibility index (Phi) is 6.55. The highest BCUT2D eigenvalue weighted by Crippen LogP contribution is 2.33. The molecule has 0 bridgehead atoms. The van der Waals surface area contributed by atoms with Crippen LogP contribution in [-0.4, -0.2) is 58.4 Å². The van der Waals surface area contributed by atoms with Gasteiger partial charge in [-0.25, -0.2) is 0 Å². The first-order chi connectivity index (χ1) is 13.7. The maximum atomic E-state index is 12.9. The highest BCUT2D eigenvalue weighted by Gasteiger charge is 2.18. The van der Waals surface area contributed by atoms with E-state index in [4.69, 9.17) is 18.9 Å². The van der Waals surface area contributed by atoms with Gasteiger partial charge in [0, 0.05) is 19.2 Å². The van der Waals surface area contributed by atoms with Crippen molar-refractivity contribution in [2.75, 3.05) is 47.6 Å². The van der Waals surface area contributed by atoms with Gasteiger partial charge >= 0.3 is 0 Å². The van der Waals surface area contributed by atoms with Gasteiger partial charge in [0.15, 0.2) is 11.5 Å². The average Bonchev–Trinajstić information content (AvgIpc) is 2.77. The largest absolute Gasteiger partial charge is 0.497 e. The molecule has 0 spiro atoms. The van der Waals surface area contributed by atoms with Crippen LogP contribution < -0.4 is 14.2 Å². The SMILES string of the molecule is COc1ccc(/C(=C/C(=O)N2CCOCC2)c2ccc(OC)c(OC)c2)cc1. The van der Waals surface area contributed by atoms with Crippen molar-refractivity contribution < 1.29 is 23.7 Å². The summed E-state index contributed by atoms with van der Waals surface area (Å²) in [4.78, 5) is 14.7. The van der Waals surface area contributed by atoms with Crippen LogP contribution in [0.1, 0.15) is 11.1 Å². The number of nitrogens with zero attached hydrogens (tertiary/aromatic N) is 1. The summed E-state index contributed by atoms with van der Waals surface area (Å²) in [5, 5.41) is 0. The van der Waals surface area contributed by atoms with Crippen LogP contribution in [-0.2, 0) is 9.53 Å². The molecular formula is C22H25NO5. The van der Waals surface area contributed by atoms with Crippen molar-refractivity contribution in [1.82, 2.24) is 4.90 Å². The molecule has 1 aliphatic heterocycles. The first kappa shape index (κ1) is 19.8. The normalized spacial score (nSPS) is 14.5. The lowest BCUT2D eigenvalue weighted by atomic mass is 9.96. The van der Waals surface area contributed by atoms with Crippen molar-refractivity contribution in [1.29, 1.82) is 0 Å². The van der Waals surface area contributed by atoms with Crippen molar-refractivity contribution in [3.63, 3.8) is 0 Å². The van der Waals surface area contributed by atoms with Crippen LogP contribution >= 0.6 is 0 Å². The van der Waals surface area contributed by atoms with Crippen molar-refractivity contribution in [3.8, 4) is 17.2 Å². The maximum absolute atomic E-state index is 12.9. The second kappa shape index (κ2) is 9.28. The van der Waals surface area contributed by atoms with Crippen LogP contribution in [0.25, 0.3) is 5.57 Å². The molecule has 0 radical (unpaired) electrons. The lowest BCUT2D eigenvalue weighted by Crippen LogP contribution is -2.39. The Morgan fingerprint density at radius 2 is 1.54 bits per heavy atom. The second-order valence-electron chi connectivity index (χ2n) is 6.29. The van der Waals surface area contributed by atoms with E-state index in [2.05, 4.69) is 0 Å². The molecule has 0 N–H and O–H groups in total. The number of carbonyl (C=O) groups is 1.